The lowest BCUT2D eigenvalue weighted by molar-refractivity contribution is -0.118. The van der Waals surface area contributed by atoms with Gasteiger partial charge in [-0.05, 0) is 17.7 Å². The molecular weight excluding hydrogens is 480 g/mol. The number of hydrogen-bond donors (Lipinski definition) is 1. The van der Waals surface area contributed by atoms with Crippen LogP contribution in [0.2, 0.25) is 5.15 Å². The highest BCUT2D eigenvalue weighted by Crippen LogP contribution is 2.22. The number of carbonyl (C=O) groups excluding carboxylic acids is 1. The Hall–Kier alpha value is -2.94. The molecule has 3 heterocycles. The first kappa shape index (κ1) is 25.2. The number of piperazine rings is 1. The van der Waals surface area contributed by atoms with E-state index in [2.05, 4.69) is 54.4 Å². The molecule has 0 atom stereocenters. The summed E-state index contributed by atoms with van der Waals surface area (Å²) in [5, 5.41) is 3.82. The van der Waals surface area contributed by atoms with Crippen LogP contribution in [0.25, 0.3) is 6.08 Å². The molecule has 0 bridgehead atoms. The predicted octanol–water partition coefficient (Wildman–Crippen LogP) is 3.81. The SMILES string of the molecule is O=C(CSc1nc(Cl)cc(N2CCN(CC=Cc3ccccc3)CC2)n1)NCCc1ccccn1. The van der Waals surface area contributed by atoms with Gasteiger partial charge in [0.25, 0.3) is 0 Å². The molecule has 9 heteroatoms. The molecule has 0 saturated carbocycles. The number of hydrogen-bond acceptors (Lipinski definition) is 7. The summed E-state index contributed by atoms with van der Waals surface area (Å²) in [6.07, 6.45) is 6.82. The lowest BCUT2D eigenvalue weighted by Gasteiger charge is -2.35. The van der Waals surface area contributed by atoms with E-state index in [1.165, 1.54) is 17.3 Å². The average molecular weight is 509 g/mol. The fourth-order valence-corrected chi connectivity index (χ4v) is 4.64. The second-order valence-corrected chi connectivity index (χ2v) is 9.47. The summed E-state index contributed by atoms with van der Waals surface area (Å²) >= 11 is 7.57. The van der Waals surface area contributed by atoms with E-state index in [1.54, 1.807) is 12.3 Å². The largest absolute Gasteiger partial charge is 0.355 e. The van der Waals surface area contributed by atoms with Crippen LogP contribution < -0.4 is 10.2 Å². The highest BCUT2D eigenvalue weighted by atomic mass is 35.5. The first-order valence-electron chi connectivity index (χ1n) is 11.7. The number of carbonyl (C=O) groups is 1. The molecule has 182 valence electrons. The third-order valence-corrected chi connectivity index (χ3v) is 6.63. The van der Waals surface area contributed by atoms with Crippen LogP contribution in [0.4, 0.5) is 5.82 Å². The Balaban J connectivity index is 1.21. The van der Waals surface area contributed by atoms with Crippen LogP contribution in [-0.4, -0.2) is 70.8 Å². The monoisotopic (exact) mass is 508 g/mol. The number of nitrogens with one attached hydrogen (secondary N) is 1. The Labute approximate surface area is 215 Å². The fourth-order valence-electron chi connectivity index (χ4n) is 3.73. The molecule has 1 aliphatic rings. The van der Waals surface area contributed by atoms with Gasteiger partial charge in [0.1, 0.15) is 11.0 Å². The minimum atomic E-state index is -0.0618. The average Bonchev–Trinajstić information content (AvgIpc) is 2.89. The van der Waals surface area contributed by atoms with E-state index < -0.39 is 0 Å². The second kappa shape index (κ2) is 13.2. The predicted molar refractivity (Wildman–Crippen MR) is 143 cm³/mol. The van der Waals surface area contributed by atoms with Crippen LogP contribution in [0, 0.1) is 0 Å². The molecule has 1 amide bonds. The molecule has 1 N–H and O–H groups in total. The summed E-state index contributed by atoms with van der Waals surface area (Å²) < 4.78 is 0. The third-order valence-electron chi connectivity index (χ3n) is 5.59. The molecule has 35 heavy (non-hydrogen) atoms. The Morgan fingerprint density at radius 1 is 1.06 bits per heavy atom. The zero-order valence-electron chi connectivity index (χ0n) is 19.5. The molecule has 1 aromatic carbocycles. The normalized spacial score (nSPS) is 14.4. The van der Waals surface area contributed by atoms with E-state index in [4.69, 9.17) is 11.6 Å². The molecule has 4 rings (SSSR count). The summed E-state index contributed by atoms with van der Waals surface area (Å²) in [5.74, 6) is 0.986. The number of aromatic nitrogens is 3. The lowest BCUT2D eigenvalue weighted by Crippen LogP contribution is -2.46. The fraction of sp³-hybridized carbons (Fsp3) is 0.308. The topological polar surface area (TPSA) is 74.2 Å². The Morgan fingerprint density at radius 2 is 1.86 bits per heavy atom. The van der Waals surface area contributed by atoms with Crippen LogP contribution in [0.15, 0.2) is 72.0 Å². The van der Waals surface area contributed by atoms with Crippen molar-refractivity contribution in [2.24, 2.45) is 0 Å². The lowest BCUT2D eigenvalue weighted by atomic mass is 10.2. The van der Waals surface area contributed by atoms with Crippen LogP contribution >= 0.6 is 23.4 Å². The maximum atomic E-state index is 12.2. The van der Waals surface area contributed by atoms with Crippen LogP contribution in [0.1, 0.15) is 11.3 Å². The first-order valence-corrected chi connectivity index (χ1v) is 13.0. The quantitative estimate of drug-likeness (QED) is 0.253. The van der Waals surface area contributed by atoms with Gasteiger partial charge >= 0.3 is 0 Å². The zero-order chi connectivity index (χ0) is 24.3. The van der Waals surface area contributed by atoms with Crippen molar-refractivity contribution in [3.63, 3.8) is 0 Å². The van der Waals surface area contributed by atoms with E-state index in [1.807, 2.05) is 36.4 Å². The van der Waals surface area contributed by atoms with Gasteiger partial charge in [-0.2, -0.15) is 0 Å². The maximum absolute atomic E-state index is 12.2. The van der Waals surface area contributed by atoms with E-state index in [0.29, 0.717) is 23.3 Å². The molecular formula is C26H29ClN6OS. The highest BCUT2D eigenvalue weighted by molar-refractivity contribution is 7.99. The second-order valence-electron chi connectivity index (χ2n) is 8.14. The van der Waals surface area contributed by atoms with E-state index in [9.17, 15) is 4.79 Å². The molecule has 0 radical (unpaired) electrons. The smallest absolute Gasteiger partial charge is 0.230 e. The van der Waals surface area contributed by atoms with Gasteiger partial charge in [-0.15, -0.1) is 0 Å². The molecule has 1 saturated heterocycles. The molecule has 2 aromatic heterocycles. The Kier molecular flexibility index (Phi) is 9.51. The number of rotatable bonds is 10. The van der Waals surface area contributed by atoms with Gasteiger partial charge in [0.2, 0.25) is 5.91 Å². The minimum Gasteiger partial charge on any atom is -0.355 e. The summed E-state index contributed by atoms with van der Waals surface area (Å²) in [5.41, 5.74) is 2.17. The number of nitrogens with zero attached hydrogens (tertiary/aromatic N) is 5. The number of thioether (sulfide) groups is 1. The van der Waals surface area contributed by atoms with Gasteiger partial charge in [-0.1, -0.05) is 71.9 Å². The van der Waals surface area contributed by atoms with Crippen LogP contribution in [-0.2, 0) is 11.2 Å². The summed E-state index contributed by atoms with van der Waals surface area (Å²) in [7, 11) is 0. The Bertz CT molecular complexity index is 1110. The molecule has 3 aromatic rings. The molecule has 0 spiro atoms. The van der Waals surface area contributed by atoms with Gasteiger partial charge in [-0.3, -0.25) is 14.7 Å². The summed E-state index contributed by atoms with van der Waals surface area (Å²) in [4.78, 5) is 30.1. The molecule has 1 aliphatic heterocycles. The Morgan fingerprint density at radius 3 is 2.63 bits per heavy atom. The van der Waals surface area contributed by atoms with Crippen molar-refractivity contribution in [3.05, 3.63) is 83.3 Å². The number of halogens is 1. The zero-order valence-corrected chi connectivity index (χ0v) is 21.1. The van der Waals surface area contributed by atoms with Crippen LogP contribution in [0.3, 0.4) is 0 Å². The summed E-state index contributed by atoms with van der Waals surface area (Å²) in [6.45, 7) is 5.09. The number of anilines is 1. The standard InChI is InChI=1S/C26H29ClN6OS/c27-23-19-24(33-17-15-32(16-18-33)14-6-9-21-7-2-1-3-8-21)31-26(30-23)35-20-25(34)29-13-11-22-10-4-5-12-28-22/h1-10,12,19H,11,13-18,20H2,(H,29,34). The molecule has 0 unspecified atom stereocenters. The van der Waals surface area contributed by atoms with Crippen molar-refractivity contribution >= 4 is 41.2 Å². The van der Waals surface area contributed by atoms with Crippen molar-refractivity contribution < 1.29 is 4.79 Å². The van der Waals surface area contributed by atoms with Crippen molar-refractivity contribution in [3.8, 4) is 0 Å². The number of amides is 1. The molecule has 1 fully saturated rings. The minimum absolute atomic E-state index is 0.0618. The van der Waals surface area contributed by atoms with Gasteiger partial charge in [0.15, 0.2) is 5.16 Å². The van der Waals surface area contributed by atoms with Gasteiger partial charge in [0, 0.05) is 63.6 Å². The molecule has 0 aliphatic carbocycles. The highest BCUT2D eigenvalue weighted by Gasteiger charge is 2.19. The number of pyridine rings is 1. The van der Waals surface area contributed by atoms with Gasteiger partial charge < -0.3 is 10.2 Å². The maximum Gasteiger partial charge on any atom is 0.230 e. The van der Waals surface area contributed by atoms with Gasteiger partial charge in [0.05, 0.1) is 5.75 Å². The van der Waals surface area contributed by atoms with Crippen LogP contribution in [0.5, 0.6) is 0 Å². The summed E-state index contributed by atoms with van der Waals surface area (Å²) in [6, 6.07) is 17.9. The van der Waals surface area contributed by atoms with E-state index in [0.717, 1.165) is 44.2 Å². The van der Waals surface area contributed by atoms with E-state index >= 15 is 0 Å². The number of benzene rings is 1. The third kappa shape index (κ3) is 8.35. The van der Waals surface area contributed by atoms with Crippen molar-refractivity contribution in [1.82, 2.24) is 25.2 Å². The van der Waals surface area contributed by atoms with E-state index in [-0.39, 0.29) is 11.7 Å². The van der Waals surface area contributed by atoms with Crippen molar-refractivity contribution in [1.29, 1.82) is 0 Å². The molecule has 7 nitrogen and oxygen atoms in total. The first-order chi connectivity index (χ1) is 17.2. The van der Waals surface area contributed by atoms with Crippen molar-refractivity contribution in [2.75, 3.05) is 49.9 Å². The van der Waals surface area contributed by atoms with Crippen molar-refractivity contribution in [2.45, 2.75) is 11.6 Å². The van der Waals surface area contributed by atoms with Gasteiger partial charge in [-0.25, -0.2) is 9.97 Å².